The monoisotopic (exact) mass is 425 g/mol. The van der Waals surface area contributed by atoms with Gasteiger partial charge in [-0.1, -0.05) is 38.1 Å². The van der Waals surface area contributed by atoms with Crippen molar-refractivity contribution in [2.75, 3.05) is 13.7 Å². The molecule has 0 bridgehead atoms. The lowest BCUT2D eigenvalue weighted by atomic mass is 10.0. The van der Waals surface area contributed by atoms with E-state index in [2.05, 4.69) is 10.3 Å². The summed E-state index contributed by atoms with van der Waals surface area (Å²) in [5.41, 5.74) is 1.35. The molecule has 0 fully saturated rings. The van der Waals surface area contributed by atoms with Gasteiger partial charge in [-0.25, -0.2) is 4.98 Å². The number of nitrogens with one attached hydrogen (secondary N) is 1. The number of likely N-dealkylation sites (N-methyl/N-ethyl adjacent to an activating group) is 1. The van der Waals surface area contributed by atoms with Crippen LogP contribution in [0, 0.1) is 5.92 Å². The van der Waals surface area contributed by atoms with Gasteiger partial charge in [0.05, 0.1) is 28.9 Å². The Morgan fingerprint density at radius 3 is 2.53 bits per heavy atom. The van der Waals surface area contributed by atoms with Gasteiger partial charge in [-0.3, -0.25) is 9.59 Å². The van der Waals surface area contributed by atoms with Crippen molar-refractivity contribution in [1.82, 2.24) is 15.2 Å². The maximum absolute atomic E-state index is 13.1. The quantitative estimate of drug-likeness (QED) is 0.590. The average molecular weight is 426 g/mol. The minimum absolute atomic E-state index is 0.0708. The minimum atomic E-state index is -0.647. The molecule has 0 spiro atoms. The van der Waals surface area contributed by atoms with Crippen LogP contribution in [0.4, 0.5) is 0 Å². The molecule has 2 aromatic carbocycles. The first-order chi connectivity index (χ1) is 14.4. The number of rotatable bonds is 8. The van der Waals surface area contributed by atoms with Crippen molar-refractivity contribution in [2.45, 2.75) is 33.4 Å². The molecule has 0 aliphatic rings. The van der Waals surface area contributed by atoms with E-state index in [1.165, 1.54) is 0 Å². The molecule has 0 saturated carbocycles. The number of nitrogens with zero attached hydrogens (tertiary/aromatic N) is 2. The average Bonchev–Trinajstić information content (AvgIpc) is 3.14. The Morgan fingerprint density at radius 1 is 1.13 bits per heavy atom. The number of fused-ring (bicyclic) bond motifs is 1. The van der Waals surface area contributed by atoms with Crippen LogP contribution >= 0.6 is 11.3 Å². The van der Waals surface area contributed by atoms with Crippen LogP contribution < -0.4 is 10.1 Å². The number of amides is 2. The molecule has 6 nitrogen and oxygen atoms in total. The first kappa shape index (κ1) is 21.8. The molecular formula is C23H27N3O3S. The highest BCUT2D eigenvalue weighted by molar-refractivity contribution is 7.18. The van der Waals surface area contributed by atoms with Crippen LogP contribution in [0.1, 0.15) is 36.1 Å². The fourth-order valence-electron chi connectivity index (χ4n) is 3.17. The number of para-hydroxylation sites is 2. The molecule has 0 aliphatic carbocycles. The Morgan fingerprint density at radius 2 is 1.83 bits per heavy atom. The largest absolute Gasteiger partial charge is 0.493 e. The van der Waals surface area contributed by atoms with E-state index in [9.17, 15) is 9.59 Å². The molecule has 1 atom stereocenters. The van der Waals surface area contributed by atoms with Gasteiger partial charge >= 0.3 is 0 Å². The second-order valence-corrected chi connectivity index (χ2v) is 8.51. The minimum Gasteiger partial charge on any atom is -0.493 e. The van der Waals surface area contributed by atoms with Gasteiger partial charge in [0.1, 0.15) is 16.8 Å². The number of benzene rings is 2. The van der Waals surface area contributed by atoms with Crippen LogP contribution in [0.15, 0.2) is 48.5 Å². The van der Waals surface area contributed by atoms with Gasteiger partial charge in [0.15, 0.2) is 0 Å². The number of carbonyl (C=O) groups is 2. The fraction of sp³-hybridized carbons (Fsp3) is 0.348. The lowest BCUT2D eigenvalue weighted by Gasteiger charge is -2.27. The normalized spacial score (nSPS) is 12.0. The Kier molecular flexibility index (Phi) is 7.05. The predicted octanol–water partition coefficient (Wildman–Crippen LogP) is 4.11. The first-order valence-corrected chi connectivity index (χ1v) is 10.8. The Bertz CT molecular complexity index is 998. The summed E-state index contributed by atoms with van der Waals surface area (Å²) in [6.45, 7) is 6.56. The molecule has 1 aromatic heterocycles. The van der Waals surface area contributed by atoms with Gasteiger partial charge < -0.3 is 15.0 Å². The third-order valence-corrected chi connectivity index (χ3v) is 5.76. The molecular weight excluding hydrogens is 398 g/mol. The summed E-state index contributed by atoms with van der Waals surface area (Å²) >= 11 is 1.57. The molecule has 158 valence electrons. The van der Waals surface area contributed by atoms with Crippen molar-refractivity contribution in [3.8, 4) is 5.75 Å². The smallest absolute Gasteiger partial charge is 0.255 e. The second-order valence-electron chi connectivity index (χ2n) is 7.39. The molecule has 1 N–H and O–H groups in total. The third kappa shape index (κ3) is 4.97. The predicted molar refractivity (Wildman–Crippen MR) is 120 cm³/mol. The molecule has 7 heteroatoms. The van der Waals surface area contributed by atoms with Crippen molar-refractivity contribution < 1.29 is 14.3 Å². The van der Waals surface area contributed by atoms with E-state index in [1.54, 1.807) is 41.5 Å². The van der Waals surface area contributed by atoms with E-state index in [-0.39, 0.29) is 17.7 Å². The molecule has 0 saturated heterocycles. The van der Waals surface area contributed by atoms with Gasteiger partial charge in [0.25, 0.3) is 5.91 Å². The third-order valence-electron chi connectivity index (χ3n) is 4.74. The highest BCUT2D eigenvalue weighted by Crippen LogP contribution is 2.23. The molecule has 0 aliphatic heterocycles. The highest BCUT2D eigenvalue weighted by Gasteiger charge is 2.28. The van der Waals surface area contributed by atoms with Crippen LogP contribution in [0.2, 0.25) is 0 Å². The van der Waals surface area contributed by atoms with Crippen molar-refractivity contribution in [3.05, 3.63) is 59.1 Å². The number of aromatic nitrogens is 1. The summed E-state index contributed by atoms with van der Waals surface area (Å²) in [5.74, 6) is -0.0280. The standard InChI is InChI=1S/C23H27N3O3S/c1-5-29-18-12-8-6-10-16(18)22(27)25-21(15(2)3)23(28)26(4)14-20-24-17-11-7-9-13-19(17)30-20/h6-13,15,21H,5,14H2,1-4H3,(H,25,27)/t21-/m0/s1. The SMILES string of the molecule is CCOc1ccccc1C(=O)N[C@H](C(=O)N(C)Cc1nc2ccccc2s1)C(C)C. The van der Waals surface area contributed by atoms with Crippen molar-refractivity contribution in [1.29, 1.82) is 0 Å². The maximum Gasteiger partial charge on any atom is 0.255 e. The van der Waals surface area contributed by atoms with E-state index >= 15 is 0 Å². The number of thiazole rings is 1. The number of ether oxygens (including phenoxy) is 1. The molecule has 0 radical (unpaired) electrons. The fourth-order valence-corrected chi connectivity index (χ4v) is 4.19. The summed E-state index contributed by atoms with van der Waals surface area (Å²) in [7, 11) is 1.74. The molecule has 30 heavy (non-hydrogen) atoms. The van der Waals surface area contributed by atoms with Crippen LogP contribution in [0.3, 0.4) is 0 Å². The van der Waals surface area contributed by atoms with Gasteiger partial charge in [-0.15, -0.1) is 11.3 Å². The zero-order valence-corrected chi connectivity index (χ0v) is 18.5. The summed E-state index contributed by atoms with van der Waals surface area (Å²) in [4.78, 5) is 32.2. The van der Waals surface area contributed by atoms with Crippen LogP contribution in [-0.4, -0.2) is 41.4 Å². The van der Waals surface area contributed by atoms with E-state index in [0.29, 0.717) is 24.5 Å². The maximum atomic E-state index is 13.1. The molecule has 1 heterocycles. The van der Waals surface area contributed by atoms with Gasteiger partial charge in [-0.2, -0.15) is 0 Å². The molecule has 2 amide bonds. The van der Waals surface area contributed by atoms with Crippen molar-refractivity contribution in [2.24, 2.45) is 5.92 Å². The highest BCUT2D eigenvalue weighted by atomic mass is 32.1. The first-order valence-electron chi connectivity index (χ1n) is 10.0. The lowest BCUT2D eigenvalue weighted by molar-refractivity contribution is -0.133. The molecule has 0 unspecified atom stereocenters. The van der Waals surface area contributed by atoms with Gasteiger partial charge in [0, 0.05) is 7.05 Å². The number of hydrogen-bond acceptors (Lipinski definition) is 5. The summed E-state index contributed by atoms with van der Waals surface area (Å²) in [6.07, 6.45) is 0. The lowest BCUT2D eigenvalue weighted by Crippen LogP contribution is -2.50. The zero-order chi connectivity index (χ0) is 21.7. The Balaban J connectivity index is 1.73. The van der Waals surface area contributed by atoms with Gasteiger partial charge in [-0.05, 0) is 37.1 Å². The van der Waals surface area contributed by atoms with Crippen molar-refractivity contribution >= 4 is 33.4 Å². The summed E-state index contributed by atoms with van der Waals surface area (Å²) in [5, 5.41) is 3.76. The summed E-state index contributed by atoms with van der Waals surface area (Å²) < 4.78 is 6.65. The Hall–Kier alpha value is -2.93. The van der Waals surface area contributed by atoms with Gasteiger partial charge in [0.2, 0.25) is 5.91 Å². The zero-order valence-electron chi connectivity index (χ0n) is 17.7. The van der Waals surface area contributed by atoms with E-state index in [0.717, 1.165) is 15.2 Å². The molecule has 3 rings (SSSR count). The second kappa shape index (κ2) is 9.71. The van der Waals surface area contributed by atoms with Crippen LogP contribution in [-0.2, 0) is 11.3 Å². The Labute approximate surface area is 180 Å². The van der Waals surface area contributed by atoms with Crippen LogP contribution in [0.25, 0.3) is 10.2 Å². The molecule has 3 aromatic rings. The van der Waals surface area contributed by atoms with E-state index in [1.807, 2.05) is 51.1 Å². The van der Waals surface area contributed by atoms with Crippen LogP contribution in [0.5, 0.6) is 5.75 Å². The number of carbonyl (C=O) groups excluding carboxylic acids is 2. The summed E-state index contributed by atoms with van der Waals surface area (Å²) in [6, 6.07) is 14.3. The number of hydrogen-bond donors (Lipinski definition) is 1. The van der Waals surface area contributed by atoms with Crippen molar-refractivity contribution in [3.63, 3.8) is 0 Å². The van der Waals surface area contributed by atoms with E-state index < -0.39 is 6.04 Å². The van der Waals surface area contributed by atoms with E-state index in [4.69, 9.17) is 4.74 Å². The topological polar surface area (TPSA) is 71.5 Å².